The van der Waals surface area contributed by atoms with E-state index in [0.29, 0.717) is 5.76 Å². The number of carbonyl (C=O) groups excluding carboxylic acids is 1. The van der Waals surface area contributed by atoms with Gasteiger partial charge in [0.25, 0.3) is 0 Å². The van der Waals surface area contributed by atoms with Crippen LogP contribution in [0.5, 0.6) is 0 Å². The Morgan fingerprint density at radius 3 is 2.65 bits per heavy atom. The number of hydrogen-bond acceptors (Lipinski definition) is 4. The SMILES string of the molecule is CC(O)(CNC(=O)C(C)(C)c1cccs1)c1ccco1. The zero-order valence-electron chi connectivity index (χ0n) is 11.8. The van der Waals surface area contributed by atoms with Gasteiger partial charge in [0.15, 0.2) is 0 Å². The van der Waals surface area contributed by atoms with E-state index in [2.05, 4.69) is 5.32 Å². The summed E-state index contributed by atoms with van der Waals surface area (Å²) in [7, 11) is 0. The van der Waals surface area contributed by atoms with Crippen molar-refractivity contribution in [2.75, 3.05) is 6.54 Å². The highest BCUT2D eigenvalue weighted by molar-refractivity contribution is 7.10. The highest BCUT2D eigenvalue weighted by atomic mass is 32.1. The van der Waals surface area contributed by atoms with Crippen LogP contribution in [0.4, 0.5) is 0 Å². The third-order valence-electron chi connectivity index (χ3n) is 3.35. The van der Waals surface area contributed by atoms with Crippen LogP contribution in [-0.2, 0) is 15.8 Å². The summed E-state index contributed by atoms with van der Waals surface area (Å²) in [5.41, 5.74) is -1.84. The highest BCUT2D eigenvalue weighted by Crippen LogP contribution is 2.28. The summed E-state index contributed by atoms with van der Waals surface area (Å²) in [5.74, 6) is 0.318. The van der Waals surface area contributed by atoms with Crippen LogP contribution in [0.25, 0.3) is 0 Å². The van der Waals surface area contributed by atoms with Gasteiger partial charge in [0, 0.05) is 4.88 Å². The normalized spacial score (nSPS) is 14.8. The zero-order valence-corrected chi connectivity index (χ0v) is 12.7. The van der Waals surface area contributed by atoms with Gasteiger partial charge in [-0.25, -0.2) is 0 Å². The Balaban J connectivity index is 2.02. The minimum Gasteiger partial charge on any atom is -0.466 e. The fourth-order valence-corrected chi connectivity index (χ4v) is 2.74. The van der Waals surface area contributed by atoms with Crippen molar-refractivity contribution in [3.8, 4) is 0 Å². The molecule has 0 saturated heterocycles. The molecule has 2 heterocycles. The highest BCUT2D eigenvalue weighted by Gasteiger charge is 2.33. The Kier molecular flexibility index (Phi) is 4.01. The Morgan fingerprint density at radius 1 is 1.35 bits per heavy atom. The first-order valence-electron chi connectivity index (χ1n) is 6.43. The molecule has 0 fully saturated rings. The van der Waals surface area contributed by atoms with E-state index < -0.39 is 11.0 Å². The molecule has 2 aromatic heterocycles. The molecule has 0 aliphatic carbocycles. The predicted molar refractivity (Wildman–Crippen MR) is 78.6 cm³/mol. The first kappa shape index (κ1) is 14.8. The lowest BCUT2D eigenvalue weighted by atomic mass is 9.90. The number of nitrogens with one attached hydrogen (secondary N) is 1. The molecule has 1 unspecified atom stereocenters. The molecule has 0 spiro atoms. The summed E-state index contributed by atoms with van der Waals surface area (Å²) in [4.78, 5) is 13.3. The molecule has 4 nitrogen and oxygen atoms in total. The lowest BCUT2D eigenvalue weighted by Gasteiger charge is -2.26. The average Bonchev–Trinajstić information content (AvgIpc) is 3.07. The molecule has 108 valence electrons. The molecule has 0 aliphatic heterocycles. The van der Waals surface area contributed by atoms with Gasteiger partial charge in [0.2, 0.25) is 5.91 Å². The molecule has 2 rings (SSSR count). The minimum absolute atomic E-state index is 0.105. The van der Waals surface area contributed by atoms with Crippen LogP contribution in [0.1, 0.15) is 31.4 Å². The molecule has 0 bridgehead atoms. The summed E-state index contributed by atoms with van der Waals surface area (Å²) in [6.07, 6.45) is 1.50. The average molecular weight is 293 g/mol. The van der Waals surface area contributed by atoms with Crippen molar-refractivity contribution in [1.29, 1.82) is 0 Å². The van der Waals surface area contributed by atoms with Crippen molar-refractivity contribution in [1.82, 2.24) is 5.32 Å². The molecule has 0 radical (unpaired) electrons. The van der Waals surface area contributed by atoms with Crippen LogP contribution in [0.3, 0.4) is 0 Å². The molecule has 1 atom stereocenters. The first-order valence-corrected chi connectivity index (χ1v) is 7.30. The van der Waals surface area contributed by atoms with Gasteiger partial charge >= 0.3 is 0 Å². The molecule has 1 amide bonds. The first-order chi connectivity index (χ1) is 9.34. The van der Waals surface area contributed by atoms with Gasteiger partial charge in [-0.2, -0.15) is 0 Å². The maximum Gasteiger partial charge on any atom is 0.231 e. The number of carbonyl (C=O) groups is 1. The van der Waals surface area contributed by atoms with E-state index in [0.717, 1.165) is 4.88 Å². The van der Waals surface area contributed by atoms with Crippen molar-refractivity contribution >= 4 is 17.2 Å². The Bertz CT molecular complexity index is 556. The lowest BCUT2D eigenvalue weighted by molar-refractivity contribution is -0.126. The van der Waals surface area contributed by atoms with E-state index in [1.807, 2.05) is 31.4 Å². The van der Waals surface area contributed by atoms with E-state index in [-0.39, 0.29) is 12.5 Å². The number of aliphatic hydroxyl groups is 1. The second kappa shape index (κ2) is 5.42. The fraction of sp³-hybridized carbons (Fsp3) is 0.400. The smallest absolute Gasteiger partial charge is 0.231 e. The van der Waals surface area contributed by atoms with Crippen molar-refractivity contribution in [3.63, 3.8) is 0 Å². The predicted octanol–water partition coefficient (Wildman–Crippen LogP) is 2.64. The van der Waals surface area contributed by atoms with Crippen LogP contribution < -0.4 is 5.32 Å². The van der Waals surface area contributed by atoms with E-state index in [1.54, 1.807) is 30.4 Å². The number of furan rings is 1. The Labute approximate surface area is 122 Å². The van der Waals surface area contributed by atoms with Crippen molar-refractivity contribution in [3.05, 3.63) is 46.5 Å². The zero-order chi connectivity index (χ0) is 14.8. The number of thiophene rings is 1. The summed E-state index contributed by atoms with van der Waals surface area (Å²) in [5, 5.41) is 15.1. The third kappa shape index (κ3) is 2.94. The van der Waals surface area contributed by atoms with Gasteiger partial charge in [-0.05, 0) is 44.4 Å². The van der Waals surface area contributed by atoms with Crippen LogP contribution in [0.15, 0.2) is 40.3 Å². The van der Waals surface area contributed by atoms with Gasteiger partial charge in [0.05, 0.1) is 18.2 Å². The largest absolute Gasteiger partial charge is 0.466 e. The number of rotatable bonds is 5. The summed E-state index contributed by atoms with van der Waals surface area (Å²) in [6, 6.07) is 7.26. The van der Waals surface area contributed by atoms with E-state index in [4.69, 9.17) is 4.42 Å². The molecule has 0 saturated carbocycles. The van der Waals surface area contributed by atoms with E-state index >= 15 is 0 Å². The van der Waals surface area contributed by atoms with Gasteiger partial charge in [-0.3, -0.25) is 4.79 Å². The fourth-order valence-electron chi connectivity index (χ4n) is 1.89. The minimum atomic E-state index is -1.22. The van der Waals surface area contributed by atoms with Crippen molar-refractivity contribution in [2.45, 2.75) is 31.8 Å². The standard InChI is InChI=1S/C15H19NO3S/c1-14(2,12-7-5-9-20-12)13(17)16-10-15(3,18)11-6-4-8-19-11/h4-9,18H,10H2,1-3H3,(H,16,17). The molecular formula is C15H19NO3S. The molecule has 2 N–H and O–H groups in total. The topological polar surface area (TPSA) is 62.5 Å². The van der Waals surface area contributed by atoms with Gasteiger partial charge < -0.3 is 14.8 Å². The summed E-state index contributed by atoms with van der Waals surface area (Å²) in [6.45, 7) is 5.46. The molecule has 0 aliphatic rings. The molecular weight excluding hydrogens is 274 g/mol. The van der Waals surface area contributed by atoms with Crippen LogP contribution in [0, 0.1) is 0 Å². The lowest BCUT2D eigenvalue weighted by Crippen LogP contribution is -2.45. The Hall–Kier alpha value is -1.59. The van der Waals surface area contributed by atoms with Crippen LogP contribution in [-0.4, -0.2) is 17.6 Å². The quantitative estimate of drug-likeness (QED) is 0.891. The van der Waals surface area contributed by atoms with E-state index in [9.17, 15) is 9.90 Å². The molecule has 20 heavy (non-hydrogen) atoms. The van der Waals surface area contributed by atoms with Crippen molar-refractivity contribution in [2.24, 2.45) is 0 Å². The maximum absolute atomic E-state index is 12.3. The Morgan fingerprint density at radius 2 is 2.10 bits per heavy atom. The molecule has 0 aromatic carbocycles. The molecule has 2 aromatic rings. The van der Waals surface area contributed by atoms with Crippen molar-refractivity contribution < 1.29 is 14.3 Å². The molecule has 5 heteroatoms. The number of amides is 1. The van der Waals surface area contributed by atoms with Crippen LogP contribution >= 0.6 is 11.3 Å². The number of hydrogen-bond donors (Lipinski definition) is 2. The third-order valence-corrected chi connectivity index (χ3v) is 4.54. The summed E-state index contributed by atoms with van der Waals surface area (Å²) < 4.78 is 5.19. The van der Waals surface area contributed by atoms with Gasteiger partial charge in [-0.15, -0.1) is 11.3 Å². The van der Waals surface area contributed by atoms with Gasteiger partial charge in [0.1, 0.15) is 11.4 Å². The maximum atomic E-state index is 12.3. The van der Waals surface area contributed by atoms with Gasteiger partial charge in [-0.1, -0.05) is 6.07 Å². The van der Waals surface area contributed by atoms with E-state index in [1.165, 1.54) is 6.26 Å². The second-order valence-electron chi connectivity index (χ2n) is 5.54. The summed E-state index contributed by atoms with van der Waals surface area (Å²) >= 11 is 1.55. The second-order valence-corrected chi connectivity index (χ2v) is 6.48. The van der Waals surface area contributed by atoms with Crippen LogP contribution in [0.2, 0.25) is 0 Å². The monoisotopic (exact) mass is 293 g/mol.